The Kier molecular flexibility index (Phi) is 4.20. The van der Waals surface area contributed by atoms with E-state index in [1.54, 1.807) is 18.7 Å². The highest BCUT2D eigenvalue weighted by Gasteiger charge is 2.14. The normalized spacial score (nSPS) is 12.6. The van der Waals surface area contributed by atoms with Gasteiger partial charge in [-0.2, -0.15) is 0 Å². The maximum atomic E-state index is 13.5. The number of fused-ring (bicyclic) bond motifs is 1. The molecule has 0 fully saturated rings. The highest BCUT2D eigenvalue weighted by Crippen LogP contribution is 2.23. The van der Waals surface area contributed by atoms with Crippen molar-refractivity contribution >= 4 is 11.2 Å². The van der Waals surface area contributed by atoms with Crippen molar-refractivity contribution in [3.63, 3.8) is 0 Å². The van der Waals surface area contributed by atoms with Crippen molar-refractivity contribution in [1.29, 1.82) is 0 Å². The van der Waals surface area contributed by atoms with Crippen molar-refractivity contribution in [1.82, 2.24) is 24.5 Å². The van der Waals surface area contributed by atoms with Crippen LogP contribution in [0.2, 0.25) is 0 Å². The lowest BCUT2D eigenvalue weighted by molar-refractivity contribution is 0.483. The highest BCUT2D eigenvalue weighted by molar-refractivity contribution is 5.73. The molecule has 5 nitrogen and oxygen atoms in total. The Morgan fingerprint density at radius 2 is 1.96 bits per heavy atom. The van der Waals surface area contributed by atoms with E-state index < -0.39 is 11.6 Å². The third kappa shape index (κ3) is 3.08. The molecule has 0 saturated carbocycles. The van der Waals surface area contributed by atoms with Crippen LogP contribution in [0, 0.1) is 17.6 Å². The quantitative estimate of drug-likeness (QED) is 0.590. The number of benzene rings is 1. The summed E-state index contributed by atoms with van der Waals surface area (Å²) in [6, 6.07) is 5.81. The number of rotatable bonds is 5. The molecule has 26 heavy (non-hydrogen) atoms. The van der Waals surface area contributed by atoms with Gasteiger partial charge in [0.05, 0.1) is 6.33 Å². The predicted octanol–water partition coefficient (Wildman–Crippen LogP) is 3.98. The Bertz CT molecular complexity index is 1050. The molecule has 1 aromatic carbocycles. The number of pyridine rings is 1. The van der Waals surface area contributed by atoms with Gasteiger partial charge >= 0.3 is 0 Å². The summed E-state index contributed by atoms with van der Waals surface area (Å²) < 4.78 is 28.7. The van der Waals surface area contributed by atoms with Crippen LogP contribution < -0.4 is 0 Å². The number of nitrogens with one attached hydrogen (secondary N) is 1. The molecular weight excluding hydrogens is 336 g/mol. The van der Waals surface area contributed by atoms with Gasteiger partial charge in [-0.3, -0.25) is 0 Å². The number of hydrogen-bond acceptors (Lipinski definition) is 3. The van der Waals surface area contributed by atoms with E-state index in [1.807, 2.05) is 16.8 Å². The first-order chi connectivity index (χ1) is 12.6. The van der Waals surface area contributed by atoms with Gasteiger partial charge in [-0.15, -0.1) is 0 Å². The molecule has 132 valence electrons. The molecule has 7 heteroatoms. The van der Waals surface area contributed by atoms with E-state index in [4.69, 9.17) is 0 Å². The second-order valence-corrected chi connectivity index (χ2v) is 6.41. The van der Waals surface area contributed by atoms with Crippen LogP contribution in [0.25, 0.3) is 22.6 Å². The summed E-state index contributed by atoms with van der Waals surface area (Å²) in [6.45, 7) is 2.83. The smallest absolute Gasteiger partial charge is 0.159 e. The van der Waals surface area contributed by atoms with Crippen LogP contribution in [0.3, 0.4) is 0 Å². The summed E-state index contributed by atoms with van der Waals surface area (Å²) in [4.78, 5) is 15.9. The first-order valence-corrected chi connectivity index (χ1v) is 8.35. The molecule has 0 saturated heterocycles. The number of hydrogen-bond donors (Lipinski definition) is 1. The van der Waals surface area contributed by atoms with Crippen LogP contribution >= 0.6 is 0 Å². The van der Waals surface area contributed by atoms with Gasteiger partial charge in [-0.25, -0.2) is 23.7 Å². The predicted molar refractivity (Wildman–Crippen MR) is 94.3 cm³/mol. The minimum absolute atomic E-state index is 0.288. The Hall–Kier alpha value is -3.09. The number of H-pyrrole nitrogens is 1. The first kappa shape index (κ1) is 16.4. The molecule has 4 aromatic rings. The molecule has 0 aliphatic carbocycles. The van der Waals surface area contributed by atoms with E-state index in [-0.39, 0.29) is 5.92 Å². The topological polar surface area (TPSA) is 59.4 Å². The number of imidazole rings is 2. The monoisotopic (exact) mass is 353 g/mol. The summed E-state index contributed by atoms with van der Waals surface area (Å²) in [6.07, 6.45) is 7.75. The zero-order valence-electron chi connectivity index (χ0n) is 14.2. The second kappa shape index (κ2) is 6.67. The zero-order chi connectivity index (χ0) is 18.1. The fourth-order valence-electron chi connectivity index (χ4n) is 3.19. The van der Waals surface area contributed by atoms with Gasteiger partial charge in [0.1, 0.15) is 11.3 Å². The molecule has 4 rings (SSSR count). The maximum Gasteiger partial charge on any atom is 0.159 e. The molecule has 0 bridgehead atoms. The second-order valence-electron chi connectivity index (χ2n) is 6.41. The Morgan fingerprint density at radius 3 is 2.81 bits per heavy atom. The number of nitrogens with zero attached hydrogens (tertiary/aromatic N) is 4. The van der Waals surface area contributed by atoms with Crippen LogP contribution in [-0.2, 0) is 13.0 Å². The molecule has 1 N–H and O–H groups in total. The van der Waals surface area contributed by atoms with Crippen LogP contribution in [-0.4, -0.2) is 24.5 Å². The first-order valence-electron chi connectivity index (χ1n) is 8.35. The molecular formula is C19H17F2N5. The van der Waals surface area contributed by atoms with E-state index in [9.17, 15) is 8.78 Å². The summed E-state index contributed by atoms with van der Waals surface area (Å²) in [7, 11) is 0. The third-order valence-electron chi connectivity index (χ3n) is 4.37. The SMILES string of the molecule is CC(Cc1ccnc2[nH]cnc12)Cn1ccnc1-c1ccc(F)c(F)c1. The van der Waals surface area contributed by atoms with Crippen molar-refractivity contribution in [2.24, 2.45) is 5.92 Å². The average Bonchev–Trinajstić information content (AvgIpc) is 3.27. The Balaban J connectivity index is 1.55. The summed E-state index contributed by atoms with van der Waals surface area (Å²) in [5, 5.41) is 0. The maximum absolute atomic E-state index is 13.5. The van der Waals surface area contributed by atoms with E-state index in [1.165, 1.54) is 12.1 Å². The number of aromatic amines is 1. The molecule has 0 spiro atoms. The molecule has 1 unspecified atom stereocenters. The Labute approximate surface area is 148 Å². The number of halogens is 2. The largest absolute Gasteiger partial charge is 0.331 e. The fraction of sp³-hybridized carbons (Fsp3) is 0.211. The van der Waals surface area contributed by atoms with Gasteiger partial charge in [0, 0.05) is 30.7 Å². The summed E-state index contributed by atoms with van der Waals surface area (Å²) in [5.41, 5.74) is 3.34. The van der Waals surface area contributed by atoms with Gasteiger partial charge in [-0.05, 0) is 42.2 Å². The van der Waals surface area contributed by atoms with E-state index in [0.717, 1.165) is 29.2 Å². The van der Waals surface area contributed by atoms with E-state index >= 15 is 0 Å². The number of aromatic nitrogens is 5. The van der Waals surface area contributed by atoms with Gasteiger partial charge in [0.2, 0.25) is 0 Å². The van der Waals surface area contributed by atoms with Crippen molar-refractivity contribution in [2.45, 2.75) is 19.9 Å². The molecule has 1 atom stereocenters. The summed E-state index contributed by atoms with van der Waals surface area (Å²) >= 11 is 0. The van der Waals surface area contributed by atoms with Crippen LogP contribution in [0.4, 0.5) is 8.78 Å². The molecule has 0 aliphatic rings. The van der Waals surface area contributed by atoms with Crippen molar-refractivity contribution in [2.75, 3.05) is 0 Å². The zero-order valence-corrected chi connectivity index (χ0v) is 14.2. The molecule has 0 radical (unpaired) electrons. The van der Waals surface area contributed by atoms with Crippen molar-refractivity contribution in [3.8, 4) is 11.4 Å². The molecule has 0 aliphatic heterocycles. The van der Waals surface area contributed by atoms with Crippen LogP contribution in [0.5, 0.6) is 0 Å². The van der Waals surface area contributed by atoms with Gasteiger partial charge in [-0.1, -0.05) is 6.92 Å². The molecule has 0 amide bonds. The average molecular weight is 353 g/mol. The highest BCUT2D eigenvalue weighted by atomic mass is 19.2. The summed E-state index contributed by atoms with van der Waals surface area (Å²) in [5.74, 6) is -0.824. The van der Waals surface area contributed by atoms with E-state index in [2.05, 4.69) is 26.9 Å². The Morgan fingerprint density at radius 1 is 1.08 bits per heavy atom. The lowest BCUT2D eigenvalue weighted by Crippen LogP contribution is -2.11. The van der Waals surface area contributed by atoms with Gasteiger partial charge in [0.25, 0.3) is 0 Å². The fourth-order valence-corrected chi connectivity index (χ4v) is 3.19. The van der Waals surface area contributed by atoms with Gasteiger partial charge < -0.3 is 9.55 Å². The van der Waals surface area contributed by atoms with Crippen LogP contribution in [0.1, 0.15) is 12.5 Å². The molecule has 3 heterocycles. The van der Waals surface area contributed by atoms with Gasteiger partial charge in [0.15, 0.2) is 17.3 Å². The van der Waals surface area contributed by atoms with Crippen LogP contribution in [0.15, 0.2) is 49.2 Å². The van der Waals surface area contributed by atoms with Crippen molar-refractivity contribution in [3.05, 3.63) is 66.4 Å². The third-order valence-corrected chi connectivity index (χ3v) is 4.37. The standard InChI is InChI=1S/C19H17F2N5/c1-12(8-13-4-5-22-18-17(13)24-11-25-18)10-26-7-6-23-19(26)14-2-3-15(20)16(21)9-14/h2-7,9,11-12H,8,10H2,1H3,(H,22,24,25). The lowest BCUT2D eigenvalue weighted by atomic mass is 10.0. The minimum Gasteiger partial charge on any atom is -0.331 e. The molecule has 3 aromatic heterocycles. The van der Waals surface area contributed by atoms with Crippen molar-refractivity contribution < 1.29 is 8.78 Å². The van der Waals surface area contributed by atoms with E-state index in [0.29, 0.717) is 17.9 Å². The minimum atomic E-state index is -0.872. The lowest BCUT2D eigenvalue weighted by Gasteiger charge is -2.15.